The number of piperidine rings is 1. The summed E-state index contributed by atoms with van der Waals surface area (Å²) in [6, 6.07) is 4.67. The number of nitrogens with zero attached hydrogens (tertiary/aromatic N) is 2. The SMILES string of the molecule is CC(=O)N1CCC(C(=O)N2Cc3ccc(C(=O)O)cc3OC[C@@H]2C)CC1. The van der Waals surface area contributed by atoms with Gasteiger partial charge in [-0.3, -0.25) is 9.59 Å². The maximum Gasteiger partial charge on any atom is 0.335 e. The average molecular weight is 360 g/mol. The highest BCUT2D eigenvalue weighted by molar-refractivity contribution is 5.88. The zero-order valence-corrected chi connectivity index (χ0v) is 15.1. The van der Waals surface area contributed by atoms with Crippen LogP contribution in [0.2, 0.25) is 0 Å². The van der Waals surface area contributed by atoms with E-state index in [4.69, 9.17) is 9.84 Å². The van der Waals surface area contributed by atoms with E-state index in [1.54, 1.807) is 17.9 Å². The summed E-state index contributed by atoms with van der Waals surface area (Å²) in [5.74, 6) is -0.430. The number of carbonyl (C=O) groups excluding carboxylic acids is 2. The Kier molecular flexibility index (Phi) is 5.15. The Hall–Kier alpha value is -2.57. The van der Waals surface area contributed by atoms with E-state index in [1.807, 2.05) is 11.8 Å². The lowest BCUT2D eigenvalue weighted by atomic mass is 9.94. The van der Waals surface area contributed by atoms with Crippen LogP contribution in [0.5, 0.6) is 5.75 Å². The number of carbonyl (C=O) groups is 3. The maximum atomic E-state index is 13.1. The molecule has 0 saturated carbocycles. The van der Waals surface area contributed by atoms with Crippen molar-refractivity contribution in [1.29, 1.82) is 0 Å². The molecular weight excluding hydrogens is 336 g/mol. The molecule has 7 nitrogen and oxygen atoms in total. The molecule has 1 fully saturated rings. The number of benzene rings is 1. The molecule has 2 heterocycles. The number of amides is 2. The molecule has 26 heavy (non-hydrogen) atoms. The number of likely N-dealkylation sites (tertiary alicyclic amines) is 1. The summed E-state index contributed by atoms with van der Waals surface area (Å²) in [7, 11) is 0. The van der Waals surface area contributed by atoms with Gasteiger partial charge in [-0.1, -0.05) is 6.07 Å². The van der Waals surface area contributed by atoms with Crippen molar-refractivity contribution in [3.63, 3.8) is 0 Å². The summed E-state index contributed by atoms with van der Waals surface area (Å²) in [6.07, 6.45) is 1.35. The van der Waals surface area contributed by atoms with Crippen LogP contribution in [-0.4, -0.2) is 58.4 Å². The fourth-order valence-corrected chi connectivity index (χ4v) is 3.56. The van der Waals surface area contributed by atoms with E-state index in [-0.39, 0.29) is 29.3 Å². The first-order valence-electron chi connectivity index (χ1n) is 8.92. The van der Waals surface area contributed by atoms with Crippen molar-refractivity contribution in [2.75, 3.05) is 19.7 Å². The van der Waals surface area contributed by atoms with Crippen LogP contribution in [0.1, 0.15) is 42.6 Å². The smallest absolute Gasteiger partial charge is 0.335 e. The Balaban J connectivity index is 1.74. The molecule has 1 atom stereocenters. The number of fused-ring (bicyclic) bond motifs is 1. The topological polar surface area (TPSA) is 87.2 Å². The number of ether oxygens (including phenoxy) is 1. The first kappa shape index (κ1) is 18.2. The number of carboxylic acid groups (broad SMARTS) is 1. The van der Waals surface area contributed by atoms with Crippen molar-refractivity contribution >= 4 is 17.8 Å². The van der Waals surface area contributed by atoms with Gasteiger partial charge < -0.3 is 19.6 Å². The standard InChI is InChI=1S/C19H24N2O5/c1-12-11-26-17-9-15(19(24)25)3-4-16(17)10-21(12)18(23)14-5-7-20(8-6-14)13(2)22/h3-4,9,12,14H,5-8,10-11H2,1-2H3,(H,24,25)/t12-/m0/s1. The normalized spacial score (nSPS) is 20.8. The molecule has 1 aromatic carbocycles. The van der Waals surface area contributed by atoms with Gasteiger partial charge in [-0.2, -0.15) is 0 Å². The van der Waals surface area contributed by atoms with Gasteiger partial charge in [0.15, 0.2) is 0 Å². The van der Waals surface area contributed by atoms with Gasteiger partial charge in [0.25, 0.3) is 0 Å². The summed E-state index contributed by atoms with van der Waals surface area (Å²) >= 11 is 0. The third-order valence-electron chi connectivity index (χ3n) is 5.24. The van der Waals surface area contributed by atoms with Crippen LogP contribution in [0.3, 0.4) is 0 Å². The predicted octanol–water partition coefficient (Wildman–Crippen LogP) is 1.75. The van der Waals surface area contributed by atoms with Crippen molar-refractivity contribution in [3.8, 4) is 5.75 Å². The third-order valence-corrected chi connectivity index (χ3v) is 5.24. The van der Waals surface area contributed by atoms with E-state index in [2.05, 4.69) is 0 Å². The van der Waals surface area contributed by atoms with Crippen LogP contribution < -0.4 is 4.74 Å². The molecule has 3 rings (SSSR count). The minimum Gasteiger partial charge on any atom is -0.491 e. The van der Waals surface area contributed by atoms with E-state index in [0.29, 0.717) is 44.8 Å². The van der Waals surface area contributed by atoms with Crippen LogP contribution in [0.4, 0.5) is 0 Å². The summed E-state index contributed by atoms with van der Waals surface area (Å²) < 4.78 is 5.76. The predicted molar refractivity (Wildman–Crippen MR) is 93.9 cm³/mol. The van der Waals surface area contributed by atoms with E-state index in [1.165, 1.54) is 12.1 Å². The third kappa shape index (κ3) is 3.66. The zero-order chi connectivity index (χ0) is 18.8. The summed E-state index contributed by atoms with van der Waals surface area (Å²) in [6.45, 7) is 5.45. The Morgan fingerprint density at radius 2 is 1.88 bits per heavy atom. The molecule has 1 N–H and O–H groups in total. The number of carboxylic acids is 1. The second-order valence-electron chi connectivity index (χ2n) is 7.03. The molecule has 7 heteroatoms. The molecule has 0 aliphatic carbocycles. The van der Waals surface area contributed by atoms with Crippen LogP contribution in [0.25, 0.3) is 0 Å². The van der Waals surface area contributed by atoms with Gasteiger partial charge in [-0.25, -0.2) is 4.79 Å². The molecule has 0 bridgehead atoms. The number of hydrogen-bond acceptors (Lipinski definition) is 4. The Bertz CT molecular complexity index is 725. The summed E-state index contributed by atoms with van der Waals surface area (Å²) in [4.78, 5) is 39.3. The highest BCUT2D eigenvalue weighted by Crippen LogP contribution is 2.29. The minimum absolute atomic E-state index is 0.0515. The molecule has 2 aliphatic rings. The average Bonchev–Trinajstić information content (AvgIpc) is 2.79. The van der Waals surface area contributed by atoms with Gasteiger partial charge in [0, 0.05) is 38.0 Å². The highest BCUT2D eigenvalue weighted by Gasteiger charge is 2.33. The second-order valence-corrected chi connectivity index (χ2v) is 7.03. The Labute approximate surface area is 152 Å². The second kappa shape index (κ2) is 7.35. The van der Waals surface area contributed by atoms with Crippen molar-refractivity contribution in [1.82, 2.24) is 9.80 Å². The van der Waals surface area contributed by atoms with E-state index in [0.717, 1.165) is 5.56 Å². The van der Waals surface area contributed by atoms with Crippen molar-refractivity contribution in [2.24, 2.45) is 5.92 Å². The minimum atomic E-state index is -1.00. The van der Waals surface area contributed by atoms with Crippen molar-refractivity contribution in [3.05, 3.63) is 29.3 Å². The van der Waals surface area contributed by atoms with Gasteiger partial charge in [-0.15, -0.1) is 0 Å². The molecule has 0 radical (unpaired) electrons. The monoisotopic (exact) mass is 360 g/mol. The lowest BCUT2D eigenvalue weighted by Gasteiger charge is -2.35. The van der Waals surface area contributed by atoms with Crippen molar-refractivity contribution < 1.29 is 24.2 Å². The van der Waals surface area contributed by atoms with Crippen molar-refractivity contribution in [2.45, 2.75) is 39.3 Å². The molecule has 0 aromatic heterocycles. The fraction of sp³-hybridized carbons (Fsp3) is 0.526. The van der Waals surface area contributed by atoms with Crippen LogP contribution in [-0.2, 0) is 16.1 Å². The lowest BCUT2D eigenvalue weighted by molar-refractivity contribution is -0.142. The number of aromatic carboxylic acids is 1. The number of rotatable bonds is 2. The molecular formula is C19H24N2O5. The van der Waals surface area contributed by atoms with Crippen LogP contribution in [0, 0.1) is 5.92 Å². The molecule has 2 aliphatic heterocycles. The van der Waals surface area contributed by atoms with E-state index < -0.39 is 5.97 Å². The molecule has 140 valence electrons. The van der Waals surface area contributed by atoms with E-state index >= 15 is 0 Å². The highest BCUT2D eigenvalue weighted by atomic mass is 16.5. The fourth-order valence-electron chi connectivity index (χ4n) is 3.56. The van der Waals surface area contributed by atoms with E-state index in [9.17, 15) is 14.4 Å². The summed E-state index contributed by atoms with van der Waals surface area (Å²) in [5.41, 5.74) is 0.988. The Morgan fingerprint density at radius 1 is 1.19 bits per heavy atom. The van der Waals surface area contributed by atoms with Crippen LogP contribution in [0.15, 0.2) is 18.2 Å². The van der Waals surface area contributed by atoms with Gasteiger partial charge >= 0.3 is 5.97 Å². The molecule has 0 spiro atoms. The van der Waals surface area contributed by atoms with Gasteiger partial charge in [0.05, 0.1) is 11.6 Å². The van der Waals surface area contributed by atoms with Gasteiger partial charge in [-0.05, 0) is 31.9 Å². The maximum absolute atomic E-state index is 13.1. The first-order valence-corrected chi connectivity index (χ1v) is 8.92. The van der Waals surface area contributed by atoms with Crippen LogP contribution >= 0.6 is 0 Å². The van der Waals surface area contributed by atoms with Gasteiger partial charge in [0.1, 0.15) is 12.4 Å². The molecule has 1 aromatic rings. The number of hydrogen-bond donors (Lipinski definition) is 1. The molecule has 0 unspecified atom stereocenters. The quantitative estimate of drug-likeness (QED) is 0.868. The summed E-state index contributed by atoms with van der Waals surface area (Å²) in [5, 5.41) is 9.13. The van der Waals surface area contributed by atoms with Gasteiger partial charge in [0.2, 0.25) is 11.8 Å². The molecule has 1 saturated heterocycles. The first-order chi connectivity index (χ1) is 12.4. The molecule has 2 amide bonds. The largest absolute Gasteiger partial charge is 0.491 e. The Morgan fingerprint density at radius 3 is 2.50 bits per heavy atom. The zero-order valence-electron chi connectivity index (χ0n) is 15.1. The lowest BCUT2D eigenvalue weighted by Crippen LogP contribution is -2.47.